The molecule has 1 aliphatic carbocycles. The van der Waals surface area contributed by atoms with Crippen molar-refractivity contribution < 1.29 is 4.79 Å². The van der Waals surface area contributed by atoms with Gasteiger partial charge in [-0.1, -0.05) is 68.2 Å². The second kappa shape index (κ2) is 6.76. The van der Waals surface area contributed by atoms with Gasteiger partial charge in [-0.3, -0.25) is 4.79 Å². The fourth-order valence-corrected chi connectivity index (χ4v) is 2.87. The largest absolute Gasteiger partial charge is 0.352 e. The van der Waals surface area contributed by atoms with E-state index in [1.165, 1.54) is 32.1 Å². The molecule has 1 amide bonds. The summed E-state index contributed by atoms with van der Waals surface area (Å²) in [5, 5.41) is 3.33. The number of carbonyl (C=O) groups excluding carboxylic acids is 1. The number of hydrogen-bond donors (Lipinski definition) is 1. The van der Waals surface area contributed by atoms with Crippen LogP contribution in [-0.2, 0) is 4.79 Å². The van der Waals surface area contributed by atoms with Gasteiger partial charge in [0.1, 0.15) is 0 Å². The molecule has 1 unspecified atom stereocenters. The van der Waals surface area contributed by atoms with Crippen molar-refractivity contribution in [3.05, 3.63) is 0 Å². The first-order chi connectivity index (χ1) is 8.12. The van der Waals surface area contributed by atoms with Gasteiger partial charge in [-0.15, -0.1) is 0 Å². The fraction of sp³-hybridized carbons (Fsp3) is 0.941. The van der Waals surface area contributed by atoms with Crippen molar-refractivity contribution in [2.24, 2.45) is 16.7 Å². The lowest BCUT2D eigenvalue weighted by molar-refractivity contribution is -0.130. The molecule has 0 aromatic carbocycles. The van der Waals surface area contributed by atoms with Crippen molar-refractivity contribution in [2.75, 3.05) is 0 Å². The third-order valence-electron chi connectivity index (χ3n) is 4.02. The Morgan fingerprint density at radius 3 is 1.84 bits per heavy atom. The lowest BCUT2D eigenvalue weighted by atomic mass is 9.72. The molecule has 1 rings (SSSR count). The summed E-state index contributed by atoms with van der Waals surface area (Å²) in [4.78, 5) is 12.3. The van der Waals surface area contributed by atoms with Gasteiger partial charge < -0.3 is 5.32 Å². The van der Waals surface area contributed by atoms with E-state index < -0.39 is 0 Å². The molecule has 0 aromatic rings. The summed E-state index contributed by atoms with van der Waals surface area (Å²) < 4.78 is 0. The van der Waals surface area contributed by atoms with Crippen molar-refractivity contribution in [3.63, 3.8) is 0 Å². The molecule has 2 heteroatoms. The first kappa shape index (κ1) is 18.5. The Kier molecular flexibility index (Phi) is 6.57. The molecule has 0 heterocycles. The SMILES string of the molecule is C.CC(C)(C)C(=O)NC(C1CCCCC1)C(C)(C)C. The molecule has 0 aromatic heterocycles. The van der Waals surface area contributed by atoms with Gasteiger partial charge in [0.15, 0.2) is 0 Å². The van der Waals surface area contributed by atoms with Gasteiger partial charge in [-0.05, 0) is 24.2 Å². The molecule has 1 aliphatic rings. The molecule has 0 spiro atoms. The molecule has 1 fully saturated rings. The summed E-state index contributed by atoms with van der Waals surface area (Å²) in [6.45, 7) is 12.7. The second-order valence-corrected chi connectivity index (χ2v) is 7.97. The van der Waals surface area contributed by atoms with Crippen LogP contribution in [0.1, 0.15) is 81.1 Å². The maximum atomic E-state index is 12.3. The van der Waals surface area contributed by atoms with Crippen LogP contribution in [0.15, 0.2) is 0 Å². The van der Waals surface area contributed by atoms with Gasteiger partial charge >= 0.3 is 0 Å². The Hall–Kier alpha value is -0.530. The molecular weight excluding hydrogens is 234 g/mol. The Morgan fingerprint density at radius 2 is 1.47 bits per heavy atom. The maximum Gasteiger partial charge on any atom is 0.225 e. The van der Waals surface area contributed by atoms with E-state index in [-0.39, 0.29) is 24.2 Å². The molecule has 0 radical (unpaired) electrons. The van der Waals surface area contributed by atoms with E-state index in [4.69, 9.17) is 0 Å². The van der Waals surface area contributed by atoms with Gasteiger partial charge in [0, 0.05) is 11.5 Å². The normalized spacial score (nSPS) is 19.5. The molecule has 1 N–H and O–H groups in total. The minimum Gasteiger partial charge on any atom is -0.352 e. The summed E-state index contributed by atoms with van der Waals surface area (Å²) in [5.74, 6) is 0.845. The molecule has 1 saturated carbocycles. The third-order valence-corrected chi connectivity index (χ3v) is 4.02. The lowest BCUT2D eigenvalue weighted by Gasteiger charge is -2.40. The highest BCUT2D eigenvalue weighted by molar-refractivity contribution is 5.81. The fourth-order valence-electron chi connectivity index (χ4n) is 2.87. The topological polar surface area (TPSA) is 29.1 Å². The zero-order chi connectivity index (χ0) is 14.0. The van der Waals surface area contributed by atoms with E-state index in [1.807, 2.05) is 20.8 Å². The Balaban J connectivity index is 0.00000324. The van der Waals surface area contributed by atoms with Crippen LogP contribution in [-0.4, -0.2) is 11.9 Å². The maximum absolute atomic E-state index is 12.3. The number of carbonyl (C=O) groups is 1. The summed E-state index contributed by atoms with van der Waals surface area (Å²) in [6.07, 6.45) is 6.55. The molecule has 0 aliphatic heterocycles. The van der Waals surface area contributed by atoms with Crippen LogP contribution < -0.4 is 5.32 Å². The van der Waals surface area contributed by atoms with Crippen LogP contribution in [0.2, 0.25) is 0 Å². The molecule has 0 bridgehead atoms. The van der Waals surface area contributed by atoms with Crippen molar-refractivity contribution in [1.29, 1.82) is 0 Å². The van der Waals surface area contributed by atoms with Gasteiger partial charge in [0.2, 0.25) is 5.91 Å². The number of nitrogens with one attached hydrogen (secondary N) is 1. The summed E-state index contributed by atoms with van der Waals surface area (Å²) >= 11 is 0. The zero-order valence-electron chi connectivity index (χ0n) is 13.1. The molecule has 0 saturated heterocycles. The highest BCUT2D eigenvalue weighted by Gasteiger charge is 2.36. The van der Waals surface area contributed by atoms with E-state index >= 15 is 0 Å². The third kappa shape index (κ3) is 5.54. The first-order valence-electron chi connectivity index (χ1n) is 7.43. The van der Waals surface area contributed by atoms with Gasteiger partial charge in [-0.2, -0.15) is 0 Å². The van der Waals surface area contributed by atoms with Crippen LogP contribution >= 0.6 is 0 Å². The minimum atomic E-state index is -0.293. The van der Waals surface area contributed by atoms with Gasteiger partial charge in [0.05, 0.1) is 0 Å². The van der Waals surface area contributed by atoms with Crippen LogP contribution in [0.3, 0.4) is 0 Å². The predicted octanol–water partition coefficient (Wildman–Crippen LogP) is 4.78. The van der Waals surface area contributed by atoms with Gasteiger partial charge in [-0.25, -0.2) is 0 Å². The van der Waals surface area contributed by atoms with Crippen molar-refractivity contribution in [2.45, 2.75) is 87.1 Å². The minimum absolute atomic E-state index is 0. The molecule has 114 valence electrons. The first-order valence-corrected chi connectivity index (χ1v) is 7.43. The Morgan fingerprint density at radius 1 is 1.00 bits per heavy atom. The standard InChI is InChI=1S/C16H31NO.CH4/c1-15(2,3)13(12-10-8-7-9-11-12)17-14(18)16(4,5)6;/h12-13H,7-11H2,1-6H3,(H,17,18);1H4. The van der Waals surface area contributed by atoms with Crippen molar-refractivity contribution in [3.8, 4) is 0 Å². The molecular formula is C17H35NO. The van der Waals surface area contributed by atoms with Crippen molar-refractivity contribution >= 4 is 5.91 Å². The quantitative estimate of drug-likeness (QED) is 0.768. The summed E-state index contributed by atoms with van der Waals surface area (Å²) in [5.41, 5.74) is -0.152. The highest BCUT2D eigenvalue weighted by Crippen LogP contribution is 2.35. The smallest absolute Gasteiger partial charge is 0.225 e. The summed E-state index contributed by atoms with van der Waals surface area (Å²) in [7, 11) is 0. The predicted molar refractivity (Wildman–Crippen MR) is 84.1 cm³/mol. The van der Waals surface area contributed by atoms with Crippen LogP contribution in [0.4, 0.5) is 0 Å². The number of amides is 1. The van der Waals surface area contributed by atoms with E-state index in [0.717, 1.165) is 0 Å². The summed E-state index contributed by atoms with van der Waals surface area (Å²) in [6, 6.07) is 0.310. The Labute approximate surface area is 120 Å². The molecule has 2 nitrogen and oxygen atoms in total. The molecule has 1 atom stereocenters. The van der Waals surface area contributed by atoms with Crippen molar-refractivity contribution in [1.82, 2.24) is 5.32 Å². The molecule has 19 heavy (non-hydrogen) atoms. The van der Waals surface area contributed by atoms with E-state index in [2.05, 4.69) is 26.1 Å². The number of rotatable bonds is 2. The van der Waals surface area contributed by atoms with E-state index in [9.17, 15) is 4.79 Å². The number of hydrogen-bond acceptors (Lipinski definition) is 1. The lowest BCUT2D eigenvalue weighted by Crippen LogP contribution is -2.52. The van der Waals surface area contributed by atoms with E-state index in [0.29, 0.717) is 12.0 Å². The second-order valence-electron chi connectivity index (χ2n) is 7.97. The zero-order valence-corrected chi connectivity index (χ0v) is 13.1. The van der Waals surface area contributed by atoms with Crippen LogP contribution in [0.25, 0.3) is 0 Å². The average molecular weight is 269 g/mol. The van der Waals surface area contributed by atoms with Crippen LogP contribution in [0, 0.1) is 16.7 Å². The Bertz CT molecular complexity index is 277. The van der Waals surface area contributed by atoms with Gasteiger partial charge in [0.25, 0.3) is 0 Å². The van der Waals surface area contributed by atoms with Crippen LogP contribution in [0.5, 0.6) is 0 Å². The van der Waals surface area contributed by atoms with E-state index in [1.54, 1.807) is 0 Å². The highest BCUT2D eigenvalue weighted by atomic mass is 16.2. The monoisotopic (exact) mass is 269 g/mol. The average Bonchev–Trinajstić information content (AvgIpc) is 2.23.